The number of rotatable bonds is 5. The van der Waals surface area contributed by atoms with Crippen molar-refractivity contribution >= 4 is 11.9 Å². The van der Waals surface area contributed by atoms with Crippen LogP contribution in [0.5, 0.6) is 0 Å². The average Bonchev–Trinajstić information content (AvgIpc) is 2.35. The fraction of sp³-hybridized carbons (Fsp3) is 0.875. The first kappa shape index (κ1) is 15.3. The van der Waals surface area contributed by atoms with Crippen molar-refractivity contribution in [1.29, 1.82) is 0 Å². The predicted octanol–water partition coefficient (Wildman–Crippen LogP) is 2.82. The van der Waals surface area contributed by atoms with Gasteiger partial charge >= 0.3 is 5.97 Å². The monoisotopic (exact) mass is 281 g/mol. The molecule has 2 N–H and O–H groups in total. The van der Waals surface area contributed by atoms with E-state index in [4.69, 9.17) is 5.11 Å². The van der Waals surface area contributed by atoms with Gasteiger partial charge in [-0.25, -0.2) is 0 Å². The van der Waals surface area contributed by atoms with Crippen LogP contribution in [0.1, 0.15) is 58.8 Å². The van der Waals surface area contributed by atoms with Crippen LogP contribution in [-0.2, 0) is 9.59 Å². The fourth-order valence-corrected chi connectivity index (χ4v) is 3.58. The van der Waals surface area contributed by atoms with Crippen molar-refractivity contribution in [2.24, 2.45) is 23.2 Å². The number of carbonyl (C=O) groups is 2. The smallest absolute Gasteiger partial charge is 0.307 e. The van der Waals surface area contributed by atoms with Gasteiger partial charge in [-0.15, -0.1) is 0 Å². The van der Waals surface area contributed by atoms with Crippen LogP contribution in [0.15, 0.2) is 0 Å². The highest BCUT2D eigenvalue weighted by Crippen LogP contribution is 2.38. The van der Waals surface area contributed by atoms with Gasteiger partial charge in [0, 0.05) is 6.54 Å². The Bertz CT molecular complexity index is 372. The maximum atomic E-state index is 12.1. The zero-order valence-corrected chi connectivity index (χ0v) is 12.7. The van der Waals surface area contributed by atoms with Gasteiger partial charge in [-0.05, 0) is 37.0 Å². The Balaban J connectivity index is 1.81. The second kappa shape index (κ2) is 6.15. The van der Waals surface area contributed by atoms with E-state index in [1.807, 2.05) is 0 Å². The number of carbonyl (C=O) groups excluding carboxylic acids is 1. The molecule has 2 saturated carbocycles. The molecule has 2 aliphatic carbocycles. The molecule has 2 rings (SSSR count). The number of aliphatic carboxylic acids is 1. The Morgan fingerprint density at radius 3 is 2.15 bits per heavy atom. The van der Waals surface area contributed by atoms with E-state index in [1.54, 1.807) is 0 Å². The molecule has 0 bridgehead atoms. The van der Waals surface area contributed by atoms with Crippen molar-refractivity contribution in [3.63, 3.8) is 0 Å². The van der Waals surface area contributed by atoms with E-state index >= 15 is 0 Å². The Morgan fingerprint density at radius 2 is 1.65 bits per heavy atom. The van der Waals surface area contributed by atoms with Gasteiger partial charge in [0.15, 0.2) is 0 Å². The summed E-state index contributed by atoms with van der Waals surface area (Å²) in [5.74, 6) is -0.994. The molecule has 0 saturated heterocycles. The molecule has 1 amide bonds. The molecule has 0 aliphatic heterocycles. The van der Waals surface area contributed by atoms with Crippen molar-refractivity contribution in [3.8, 4) is 0 Å². The molecule has 0 radical (unpaired) electrons. The van der Waals surface area contributed by atoms with Crippen LogP contribution in [0.25, 0.3) is 0 Å². The second-order valence-electron chi connectivity index (χ2n) is 7.17. The summed E-state index contributed by atoms with van der Waals surface area (Å²) in [6.07, 6.45) is 7.79. The predicted molar refractivity (Wildman–Crippen MR) is 77.2 cm³/mol. The van der Waals surface area contributed by atoms with Crippen molar-refractivity contribution in [2.45, 2.75) is 58.8 Å². The average molecular weight is 281 g/mol. The molecule has 0 aromatic rings. The molecule has 4 heteroatoms. The number of hydrogen-bond donors (Lipinski definition) is 2. The van der Waals surface area contributed by atoms with Gasteiger partial charge in [-0.2, -0.15) is 0 Å². The van der Waals surface area contributed by atoms with Gasteiger partial charge < -0.3 is 10.4 Å². The molecular formula is C16H27NO3. The molecular weight excluding hydrogens is 254 g/mol. The third-order valence-electron chi connectivity index (χ3n) is 5.36. The highest BCUT2D eigenvalue weighted by Gasteiger charge is 2.42. The zero-order chi connectivity index (χ0) is 14.8. The Hall–Kier alpha value is -1.06. The third-order valence-corrected chi connectivity index (χ3v) is 5.36. The first-order valence-corrected chi connectivity index (χ1v) is 7.92. The lowest BCUT2D eigenvalue weighted by Gasteiger charge is -2.38. The van der Waals surface area contributed by atoms with Crippen molar-refractivity contribution < 1.29 is 14.7 Å². The van der Waals surface area contributed by atoms with Crippen LogP contribution in [0.3, 0.4) is 0 Å². The molecule has 2 aliphatic rings. The quantitative estimate of drug-likeness (QED) is 0.814. The lowest BCUT2D eigenvalue weighted by molar-refractivity contribution is -0.152. The molecule has 114 valence electrons. The minimum absolute atomic E-state index is 0.0625. The summed E-state index contributed by atoms with van der Waals surface area (Å²) in [4.78, 5) is 23.1. The fourth-order valence-electron chi connectivity index (χ4n) is 3.58. The third kappa shape index (κ3) is 3.33. The SMILES string of the molecule is CC(C)(CNC(=O)C1CCC1C(=O)O)C1CCCCC1. The summed E-state index contributed by atoms with van der Waals surface area (Å²) >= 11 is 0. The molecule has 20 heavy (non-hydrogen) atoms. The van der Waals surface area contributed by atoms with Crippen LogP contribution in [0.2, 0.25) is 0 Å². The molecule has 2 atom stereocenters. The summed E-state index contributed by atoms with van der Waals surface area (Å²) in [6.45, 7) is 5.11. The molecule has 2 fully saturated rings. The van der Waals surface area contributed by atoms with Gasteiger partial charge in [-0.1, -0.05) is 33.1 Å². The minimum atomic E-state index is -0.831. The lowest BCUT2D eigenvalue weighted by Crippen LogP contribution is -2.47. The Labute approximate surface area is 121 Å². The minimum Gasteiger partial charge on any atom is -0.481 e. The molecule has 0 aromatic heterocycles. The zero-order valence-electron chi connectivity index (χ0n) is 12.7. The van der Waals surface area contributed by atoms with Crippen LogP contribution < -0.4 is 5.32 Å². The summed E-state index contributed by atoms with van der Waals surface area (Å²) in [5, 5.41) is 12.0. The summed E-state index contributed by atoms with van der Waals surface area (Å²) in [5.41, 5.74) is 0.110. The maximum absolute atomic E-state index is 12.1. The van der Waals surface area contributed by atoms with Crippen molar-refractivity contribution in [2.75, 3.05) is 6.54 Å². The van der Waals surface area contributed by atoms with Crippen LogP contribution in [-0.4, -0.2) is 23.5 Å². The standard InChI is InChI=1S/C16H27NO3/c1-16(2,11-6-4-3-5-7-11)10-17-14(18)12-8-9-13(12)15(19)20/h11-13H,3-10H2,1-2H3,(H,17,18)(H,19,20). The molecule has 4 nitrogen and oxygen atoms in total. The Kier molecular flexibility index (Phi) is 4.71. The highest BCUT2D eigenvalue weighted by molar-refractivity contribution is 5.86. The second-order valence-corrected chi connectivity index (χ2v) is 7.17. The van der Waals surface area contributed by atoms with E-state index in [0.29, 0.717) is 25.3 Å². The van der Waals surface area contributed by atoms with Crippen LogP contribution >= 0.6 is 0 Å². The molecule has 0 heterocycles. The van der Waals surface area contributed by atoms with Crippen LogP contribution in [0, 0.1) is 23.2 Å². The van der Waals surface area contributed by atoms with Crippen molar-refractivity contribution in [1.82, 2.24) is 5.32 Å². The van der Waals surface area contributed by atoms with Crippen molar-refractivity contribution in [3.05, 3.63) is 0 Å². The normalized spacial score (nSPS) is 27.7. The van der Waals surface area contributed by atoms with Gasteiger partial charge in [0.1, 0.15) is 0 Å². The van der Waals surface area contributed by atoms with Crippen LogP contribution in [0.4, 0.5) is 0 Å². The van der Waals surface area contributed by atoms with Gasteiger partial charge in [0.05, 0.1) is 11.8 Å². The highest BCUT2D eigenvalue weighted by atomic mass is 16.4. The van der Waals surface area contributed by atoms with Gasteiger partial charge in [-0.3, -0.25) is 9.59 Å². The topological polar surface area (TPSA) is 66.4 Å². The number of hydrogen-bond acceptors (Lipinski definition) is 2. The molecule has 0 aromatic carbocycles. The molecule has 0 spiro atoms. The number of nitrogens with one attached hydrogen (secondary N) is 1. The Morgan fingerprint density at radius 1 is 1.05 bits per heavy atom. The van der Waals surface area contributed by atoms with E-state index in [9.17, 15) is 9.59 Å². The van der Waals surface area contributed by atoms with E-state index in [-0.39, 0.29) is 17.2 Å². The van der Waals surface area contributed by atoms with Gasteiger partial charge in [0.25, 0.3) is 0 Å². The summed E-state index contributed by atoms with van der Waals surface area (Å²) in [7, 11) is 0. The first-order chi connectivity index (χ1) is 9.42. The summed E-state index contributed by atoms with van der Waals surface area (Å²) in [6, 6.07) is 0. The molecule has 2 unspecified atom stereocenters. The number of carboxylic acids is 1. The maximum Gasteiger partial charge on any atom is 0.307 e. The number of amides is 1. The van der Waals surface area contributed by atoms with Gasteiger partial charge in [0.2, 0.25) is 5.91 Å². The number of carboxylic acid groups (broad SMARTS) is 1. The van der Waals surface area contributed by atoms with E-state index in [2.05, 4.69) is 19.2 Å². The van der Waals surface area contributed by atoms with E-state index in [0.717, 1.165) is 0 Å². The lowest BCUT2D eigenvalue weighted by atomic mass is 9.70. The van der Waals surface area contributed by atoms with E-state index < -0.39 is 11.9 Å². The largest absolute Gasteiger partial charge is 0.481 e. The first-order valence-electron chi connectivity index (χ1n) is 7.92. The summed E-state index contributed by atoms with van der Waals surface area (Å²) < 4.78 is 0. The van der Waals surface area contributed by atoms with E-state index in [1.165, 1.54) is 32.1 Å².